The van der Waals surface area contributed by atoms with Crippen LogP contribution in [0.2, 0.25) is 0 Å². The highest BCUT2D eigenvalue weighted by Gasteiger charge is 2.20. The lowest BCUT2D eigenvalue weighted by Crippen LogP contribution is -2.25. The molecule has 5 nitrogen and oxygen atoms in total. The van der Waals surface area contributed by atoms with Gasteiger partial charge in [-0.1, -0.05) is 0 Å². The Hall–Kier alpha value is -1.36. The Morgan fingerprint density at radius 2 is 2.00 bits per heavy atom. The molecule has 1 aromatic heterocycles. The molecule has 2 N–H and O–H groups in total. The van der Waals surface area contributed by atoms with Crippen molar-refractivity contribution in [3.63, 3.8) is 0 Å². The molecule has 0 bridgehead atoms. The molecule has 1 saturated carbocycles. The third-order valence-corrected chi connectivity index (χ3v) is 3.79. The third kappa shape index (κ3) is 4.06. The van der Waals surface area contributed by atoms with Gasteiger partial charge >= 0.3 is 0 Å². The van der Waals surface area contributed by atoms with E-state index in [0.717, 1.165) is 24.0 Å². The van der Waals surface area contributed by atoms with E-state index in [0.29, 0.717) is 12.0 Å². The summed E-state index contributed by atoms with van der Waals surface area (Å²) in [6.45, 7) is 2.93. The molecule has 0 spiro atoms. The fraction of sp³-hybridized carbons (Fsp3) is 0.714. The predicted octanol–water partition coefficient (Wildman–Crippen LogP) is 2.44. The van der Waals surface area contributed by atoms with Crippen molar-refractivity contribution in [3.05, 3.63) is 11.8 Å². The van der Waals surface area contributed by atoms with Crippen LogP contribution < -0.4 is 10.6 Å². The van der Waals surface area contributed by atoms with E-state index in [4.69, 9.17) is 4.74 Å². The van der Waals surface area contributed by atoms with Gasteiger partial charge in [0.15, 0.2) is 0 Å². The molecule has 2 rings (SSSR count). The SMILES string of the molecule is CNc1cc(C)nc(NCC2CCC(OC)CC2)n1. The second-order valence-electron chi connectivity index (χ2n) is 5.23. The molecule has 0 saturated heterocycles. The van der Waals surface area contributed by atoms with Crippen LogP contribution in [0.1, 0.15) is 31.4 Å². The Kier molecular flexibility index (Phi) is 4.96. The van der Waals surface area contributed by atoms with Crippen molar-refractivity contribution in [1.29, 1.82) is 0 Å². The van der Waals surface area contributed by atoms with Crippen LogP contribution in [-0.4, -0.2) is 36.8 Å². The van der Waals surface area contributed by atoms with Gasteiger partial charge in [-0.25, -0.2) is 4.98 Å². The first-order chi connectivity index (χ1) is 9.21. The molecule has 19 heavy (non-hydrogen) atoms. The molecule has 0 unspecified atom stereocenters. The van der Waals surface area contributed by atoms with Crippen molar-refractivity contribution in [1.82, 2.24) is 9.97 Å². The summed E-state index contributed by atoms with van der Waals surface area (Å²) in [7, 11) is 3.68. The first kappa shape index (κ1) is 14.1. The van der Waals surface area contributed by atoms with Crippen molar-refractivity contribution in [2.75, 3.05) is 31.3 Å². The minimum Gasteiger partial charge on any atom is -0.381 e. The minimum absolute atomic E-state index is 0.461. The molecule has 0 aromatic carbocycles. The van der Waals surface area contributed by atoms with E-state index < -0.39 is 0 Å². The van der Waals surface area contributed by atoms with Gasteiger partial charge in [-0.05, 0) is 38.5 Å². The highest BCUT2D eigenvalue weighted by atomic mass is 16.5. The zero-order chi connectivity index (χ0) is 13.7. The summed E-state index contributed by atoms with van der Waals surface area (Å²) in [5.41, 5.74) is 0.977. The lowest BCUT2D eigenvalue weighted by Gasteiger charge is -2.27. The molecule has 0 atom stereocenters. The molecular weight excluding hydrogens is 240 g/mol. The first-order valence-corrected chi connectivity index (χ1v) is 7.01. The van der Waals surface area contributed by atoms with E-state index in [2.05, 4.69) is 20.6 Å². The summed E-state index contributed by atoms with van der Waals surface area (Å²) >= 11 is 0. The maximum Gasteiger partial charge on any atom is 0.224 e. The molecular formula is C14H24N4O. The van der Waals surface area contributed by atoms with Crippen molar-refractivity contribution < 1.29 is 4.74 Å². The average molecular weight is 264 g/mol. The van der Waals surface area contributed by atoms with Gasteiger partial charge in [-0.3, -0.25) is 0 Å². The van der Waals surface area contributed by atoms with E-state index in [-0.39, 0.29) is 0 Å². The van der Waals surface area contributed by atoms with Crippen LogP contribution in [0, 0.1) is 12.8 Å². The van der Waals surface area contributed by atoms with Gasteiger partial charge in [0.2, 0.25) is 5.95 Å². The van der Waals surface area contributed by atoms with Crippen LogP contribution in [0.3, 0.4) is 0 Å². The number of hydrogen-bond donors (Lipinski definition) is 2. The van der Waals surface area contributed by atoms with Crippen LogP contribution in [0.25, 0.3) is 0 Å². The Morgan fingerprint density at radius 1 is 1.26 bits per heavy atom. The third-order valence-electron chi connectivity index (χ3n) is 3.79. The molecule has 0 radical (unpaired) electrons. The monoisotopic (exact) mass is 264 g/mol. The van der Waals surface area contributed by atoms with Gasteiger partial charge in [-0.15, -0.1) is 0 Å². The van der Waals surface area contributed by atoms with Gasteiger partial charge in [0.05, 0.1) is 6.10 Å². The highest BCUT2D eigenvalue weighted by molar-refractivity contribution is 5.41. The topological polar surface area (TPSA) is 59.1 Å². The second-order valence-corrected chi connectivity index (χ2v) is 5.23. The van der Waals surface area contributed by atoms with E-state index in [1.165, 1.54) is 25.7 Å². The predicted molar refractivity (Wildman–Crippen MR) is 77.6 cm³/mol. The summed E-state index contributed by atoms with van der Waals surface area (Å²) in [6.07, 6.45) is 5.23. The summed E-state index contributed by atoms with van der Waals surface area (Å²) < 4.78 is 5.39. The number of aryl methyl sites for hydroxylation is 1. The summed E-state index contributed by atoms with van der Waals surface area (Å²) in [6, 6.07) is 1.94. The number of nitrogens with zero attached hydrogens (tertiary/aromatic N) is 2. The number of nitrogens with one attached hydrogen (secondary N) is 2. The van der Waals surface area contributed by atoms with Crippen LogP contribution in [0.15, 0.2) is 6.07 Å². The molecule has 1 aliphatic rings. The second kappa shape index (κ2) is 6.70. The lowest BCUT2D eigenvalue weighted by atomic mass is 9.87. The Labute approximate surface area is 115 Å². The summed E-state index contributed by atoms with van der Waals surface area (Å²) in [5, 5.41) is 6.41. The Balaban J connectivity index is 1.84. The van der Waals surface area contributed by atoms with Gasteiger partial charge in [0, 0.05) is 32.5 Å². The fourth-order valence-corrected chi connectivity index (χ4v) is 2.58. The van der Waals surface area contributed by atoms with Crippen molar-refractivity contribution in [2.45, 2.75) is 38.7 Å². The maximum atomic E-state index is 5.39. The number of aromatic nitrogens is 2. The number of methoxy groups -OCH3 is 1. The normalized spacial score (nSPS) is 23.1. The average Bonchev–Trinajstić information content (AvgIpc) is 2.45. The zero-order valence-corrected chi connectivity index (χ0v) is 12.1. The molecule has 0 aliphatic heterocycles. The molecule has 106 valence electrons. The molecule has 1 aliphatic carbocycles. The van der Waals surface area contributed by atoms with Crippen molar-refractivity contribution >= 4 is 11.8 Å². The smallest absolute Gasteiger partial charge is 0.224 e. The molecule has 1 fully saturated rings. The van der Waals surface area contributed by atoms with E-state index >= 15 is 0 Å². The summed E-state index contributed by atoms with van der Waals surface area (Å²) in [5.74, 6) is 2.28. The van der Waals surface area contributed by atoms with Crippen LogP contribution in [-0.2, 0) is 4.74 Å². The number of rotatable bonds is 5. The standard InChI is InChI=1S/C14H24N4O/c1-10-8-13(15-2)18-14(17-10)16-9-11-4-6-12(19-3)7-5-11/h8,11-12H,4-7,9H2,1-3H3,(H2,15,16,17,18). The molecule has 1 heterocycles. The molecule has 5 heteroatoms. The van der Waals surface area contributed by atoms with E-state index in [1.54, 1.807) is 0 Å². The number of ether oxygens (including phenoxy) is 1. The van der Waals surface area contributed by atoms with Gasteiger partial charge in [-0.2, -0.15) is 4.98 Å². The molecule has 0 amide bonds. The van der Waals surface area contributed by atoms with Gasteiger partial charge < -0.3 is 15.4 Å². The van der Waals surface area contributed by atoms with E-state index in [1.807, 2.05) is 27.1 Å². The van der Waals surface area contributed by atoms with Crippen molar-refractivity contribution in [2.24, 2.45) is 5.92 Å². The largest absolute Gasteiger partial charge is 0.381 e. The van der Waals surface area contributed by atoms with Crippen molar-refractivity contribution in [3.8, 4) is 0 Å². The molecule has 1 aromatic rings. The number of hydrogen-bond acceptors (Lipinski definition) is 5. The van der Waals surface area contributed by atoms with Crippen LogP contribution in [0.5, 0.6) is 0 Å². The number of anilines is 2. The zero-order valence-electron chi connectivity index (χ0n) is 12.1. The van der Waals surface area contributed by atoms with Crippen LogP contribution in [0.4, 0.5) is 11.8 Å². The Morgan fingerprint density at radius 3 is 2.63 bits per heavy atom. The maximum absolute atomic E-state index is 5.39. The highest BCUT2D eigenvalue weighted by Crippen LogP contribution is 2.25. The van der Waals surface area contributed by atoms with Crippen LogP contribution >= 0.6 is 0 Å². The first-order valence-electron chi connectivity index (χ1n) is 7.01. The van der Waals surface area contributed by atoms with Gasteiger partial charge in [0.25, 0.3) is 0 Å². The fourth-order valence-electron chi connectivity index (χ4n) is 2.58. The Bertz CT molecular complexity index is 402. The lowest BCUT2D eigenvalue weighted by molar-refractivity contribution is 0.0585. The summed E-state index contributed by atoms with van der Waals surface area (Å²) in [4.78, 5) is 8.82. The quantitative estimate of drug-likeness (QED) is 0.855. The van der Waals surface area contributed by atoms with Gasteiger partial charge in [0.1, 0.15) is 5.82 Å². The van der Waals surface area contributed by atoms with E-state index in [9.17, 15) is 0 Å². The minimum atomic E-state index is 0.461.